The molecule has 0 bridgehead atoms. The topological polar surface area (TPSA) is 29.5 Å². The summed E-state index contributed by atoms with van der Waals surface area (Å²) in [4.78, 5) is 14.3. The summed E-state index contributed by atoms with van der Waals surface area (Å²) in [6.45, 7) is 17.1. The molecule has 0 saturated heterocycles. The second-order valence-electron chi connectivity index (χ2n) is 6.27. The summed E-state index contributed by atoms with van der Waals surface area (Å²) >= 11 is 0. The minimum absolute atomic E-state index is 0.00159. The fourth-order valence-electron chi connectivity index (χ4n) is 2.39. The van der Waals surface area contributed by atoms with Crippen molar-refractivity contribution >= 4 is 5.91 Å². The molecule has 1 aromatic carbocycles. The Hall–Kier alpha value is -1.77. The van der Waals surface area contributed by atoms with Gasteiger partial charge in [0.2, 0.25) is 0 Å². The first kappa shape index (κ1) is 18.3. The van der Waals surface area contributed by atoms with E-state index >= 15 is 0 Å². The van der Waals surface area contributed by atoms with Crippen molar-refractivity contribution in [1.82, 2.24) is 4.90 Å². The summed E-state index contributed by atoms with van der Waals surface area (Å²) in [5, 5.41) is 0. The Morgan fingerprint density at radius 1 is 1.32 bits per heavy atom. The lowest BCUT2D eigenvalue weighted by molar-refractivity contribution is -0.137. The predicted molar refractivity (Wildman–Crippen MR) is 92.4 cm³/mol. The van der Waals surface area contributed by atoms with E-state index in [2.05, 4.69) is 32.6 Å². The molecular weight excluding hydrogens is 274 g/mol. The predicted octanol–water partition coefficient (Wildman–Crippen LogP) is 4.31. The van der Waals surface area contributed by atoms with E-state index < -0.39 is 6.10 Å². The van der Waals surface area contributed by atoms with Crippen molar-refractivity contribution in [2.24, 2.45) is 0 Å². The molecule has 3 heteroatoms. The molecule has 1 rings (SSSR count). The zero-order valence-electron chi connectivity index (χ0n) is 14.8. The molecule has 1 atom stereocenters. The average Bonchev–Trinajstić information content (AvgIpc) is 2.43. The molecule has 0 saturated carbocycles. The Morgan fingerprint density at radius 3 is 2.45 bits per heavy atom. The third-order valence-electron chi connectivity index (χ3n) is 3.60. The molecule has 1 unspecified atom stereocenters. The highest BCUT2D eigenvalue weighted by Crippen LogP contribution is 2.28. The number of nitrogens with zero attached hydrogens (tertiary/aromatic N) is 1. The average molecular weight is 303 g/mol. The van der Waals surface area contributed by atoms with Crippen LogP contribution in [-0.2, 0) is 4.79 Å². The van der Waals surface area contributed by atoms with E-state index in [1.165, 1.54) is 0 Å². The van der Waals surface area contributed by atoms with Gasteiger partial charge in [-0.2, -0.15) is 0 Å². The van der Waals surface area contributed by atoms with Gasteiger partial charge in [0.25, 0.3) is 5.91 Å². The lowest BCUT2D eigenvalue weighted by atomic mass is 10.0. The molecular formula is C19H29NO2. The number of aryl methyl sites for hydroxylation is 1. The van der Waals surface area contributed by atoms with Crippen LogP contribution in [0.4, 0.5) is 0 Å². The van der Waals surface area contributed by atoms with Gasteiger partial charge in [0.1, 0.15) is 5.75 Å². The number of amides is 1. The molecule has 0 aromatic heterocycles. The summed E-state index contributed by atoms with van der Waals surface area (Å²) in [5.41, 5.74) is 3.24. The van der Waals surface area contributed by atoms with Crippen LogP contribution in [0.15, 0.2) is 30.4 Å². The molecule has 3 nitrogen and oxygen atoms in total. The van der Waals surface area contributed by atoms with Gasteiger partial charge in [0.05, 0.1) is 0 Å². The monoisotopic (exact) mass is 303 g/mol. The van der Waals surface area contributed by atoms with Gasteiger partial charge >= 0.3 is 0 Å². The number of hydrogen-bond acceptors (Lipinski definition) is 2. The fraction of sp³-hybridized carbons (Fsp3) is 0.526. The summed E-state index contributed by atoms with van der Waals surface area (Å²) in [7, 11) is 0. The van der Waals surface area contributed by atoms with E-state index in [9.17, 15) is 4.79 Å². The molecule has 0 aliphatic carbocycles. The van der Waals surface area contributed by atoms with Crippen LogP contribution < -0.4 is 4.74 Å². The number of ether oxygens (including phenoxy) is 1. The van der Waals surface area contributed by atoms with Crippen LogP contribution in [0, 0.1) is 6.92 Å². The smallest absolute Gasteiger partial charge is 0.263 e. The second kappa shape index (κ2) is 8.02. The van der Waals surface area contributed by atoms with E-state index in [1.54, 1.807) is 4.90 Å². The molecule has 1 aromatic rings. The van der Waals surface area contributed by atoms with Crippen molar-refractivity contribution in [3.05, 3.63) is 41.5 Å². The Labute approximate surface area is 135 Å². The number of hydrogen-bond donors (Lipinski definition) is 0. The number of rotatable bonds is 7. The van der Waals surface area contributed by atoms with Gasteiger partial charge in [-0.05, 0) is 50.8 Å². The summed E-state index contributed by atoms with van der Waals surface area (Å²) in [5.74, 6) is 1.17. The molecule has 22 heavy (non-hydrogen) atoms. The minimum Gasteiger partial charge on any atom is -0.481 e. The summed E-state index contributed by atoms with van der Waals surface area (Å²) < 4.78 is 5.99. The molecule has 0 radical (unpaired) electrons. The van der Waals surface area contributed by atoms with Crippen molar-refractivity contribution in [2.45, 2.75) is 53.6 Å². The van der Waals surface area contributed by atoms with Crippen LogP contribution in [0.25, 0.3) is 0 Å². The third-order valence-corrected chi connectivity index (χ3v) is 3.60. The quantitative estimate of drug-likeness (QED) is 0.702. The molecule has 122 valence electrons. The van der Waals surface area contributed by atoms with Crippen LogP contribution in [0.3, 0.4) is 0 Å². The van der Waals surface area contributed by atoms with Crippen LogP contribution in [0.5, 0.6) is 5.75 Å². The van der Waals surface area contributed by atoms with E-state index in [4.69, 9.17) is 4.74 Å². The van der Waals surface area contributed by atoms with Crippen molar-refractivity contribution in [2.75, 3.05) is 13.1 Å². The van der Waals surface area contributed by atoms with Crippen molar-refractivity contribution in [3.63, 3.8) is 0 Å². The number of carbonyl (C=O) groups is 1. The summed E-state index contributed by atoms with van der Waals surface area (Å²) in [6, 6.07) is 6.17. The van der Waals surface area contributed by atoms with E-state index in [-0.39, 0.29) is 5.91 Å². The normalized spacial score (nSPS) is 12.1. The van der Waals surface area contributed by atoms with Crippen molar-refractivity contribution < 1.29 is 9.53 Å². The molecule has 0 aliphatic heterocycles. The molecule has 0 spiro atoms. The number of likely N-dealkylation sites (N-methyl/N-ethyl adjacent to an activating group) is 1. The van der Waals surface area contributed by atoms with Crippen LogP contribution >= 0.6 is 0 Å². The van der Waals surface area contributed by atoms with Gasteiger partial charge in [-0.3, -0.25) is 4.79 Å². The Balaban J connectivity index is 2.91. The standard InChI is InChI=1S/C19H29NO2/c1-8-20(12-13(2)3)19(21)16(7)22-18-11-15(6)9-10-17(18)14(4)5/h9-11,14,16H,2,8,12H2,1,3-7H3. The highest BCUT2D eigenvalue weighted by atomic mass is 16.5. The maximum absolute atomic E-state index is 12.5. The second-order valence-corrected chi connectivity index (χ2v) is 6.27. The van der Waals surface area contributed by atoms with Crippen LogP contribution in [0.2, 0.25) is 0 Å². The first-order chi connectivity index (χ1) is 10.3. The molecule has 1 amide bonds. The van der Waals surface area contributed by atoms with Gasteiger partial charge in [-0.1, -0.05) is 38.1 Å². The van der Waals surface area contributed by atoms with Gasteiger partial charge in [0, 0.05) is 13.1 Å². The van der Waals surface area contributed by atoms with E-state index in [1.807, 2.05) is 33.8 Å². The van der Waals surface area contributed by atoms with E-state index in [0.29, 0.717) is 19.0 Å². The van der Waals surface area contributed by atoms with Crippen molar-refractivity contribution in [3.8, 4) is 5.75 Å². The maximum atomic E-state index is 12.5. The first-order valence-corrected chi connectivity index (χ1v) is 7.96. The lowest BCUT2D eigenvalue weighted by Crippen LogP contribution is -2.41. The van der Waals surface area contributed by atoms with Crippen molar-refractivity contribution in [1.29, 1.82) is 0 Å². The zero-order valence-corrected chi connectivity index (χ0v) is 14.8. The third kappa shape index (κ3) is 4.90. The molecule has 0 aliphatic rings. The molecule has 0 fully saturated rings. The Kier molecular flexibility index (Phi) is 6.66. The highest BCUT2D eigenvalue weighted by molar-refractivity contribution is 5.81. The largest absolute Gasteiger partial charge is 0.481 e. The minimum atomic E-state index is -0.501. The zero-order chi connectivity index (χ0) is 16.9. The van der Waals surface area contributed by atoms with Gasteiger partial charge in [-0.15, -0.1) is 0 Å². The molecule has 0 heterocycles. The highest BCUT2D eigenvalue weighted by Gasteiger charge is 2.22. The van der Waals surface area contributed by atoms with Gasteiger partial charge in [-0.25, -0.2) is 0 Å². The lowest BCUT2D eigenvalue weighted by Gasteiger charge is -2.26. The first-order valence-electron chi connectivity index (χ1n) is 7.96. The fourth-order valence-corrected chi connectivity index (χ4v) is 2.39. The summed E-state index contributed by atoms with van der Waals surface area (Å²) in [6.07, 6.45) is -0.501. The molecule has 0 N–H and O–H groups in total. The number of benzene rings is 1. The van der Waals surface area contributed by atoms with E-state index in [0.717, 1.165) is 22.4 Å². The van der Waals surface area contributed by atoms with Crippen LogP contribution in [-0.4, -0.2) is 30.0 Å². The Morgan fingerprint density at radius 2 is 1.95 bits per heavy atom. The number of carbonyl (C=O) groups excluding carboxylic acids is 1. The van der Waals surface area contributed by atoms with Gasteiger partial charge in [0.15, 0.2) is 6.10 Å². The maximum Gasteiger partial charge on any atom is 0.263 e. The Bertz CT molecular complexity index is 534. The van der Waals surface area contributed by atoms with Crippen LogP contribution in [0.1, 0.15) is 51.7 Å². The SMILES string of the molecule is C=C(C)CN(CC)C(=O)C(C)Oc1cc(C)ccc1C(C)C. The van der Waals surface area contributed by atoms with Gasteiger partial charge < -0.3 is 9.64 Å².